The van der Waals surface area contributed by atoms with E-state index in [9.17, 15) is 34.1 Å². The first-order chi connectivity index (χ1) is 21.0. The number of nitro groups is 1. The van der Waals surface area contributed by atoms with Crippen LogP contribution in [0.15, 0.2) is 72.8 Å². The highest BCUT2D eigenvalue weighted by molar-refractivity contribution is 9.12. The molecule has 226 valence electrons. The molecule has 0 radical (unpaired) electrons. The topological polar surface area (TPSA) is 144 Å². The number of fused-ring (bicyclic) bond motifs is 1. The van der Waals surface area contributed by atoms with Crippen molar-refractivity contribution in [3.05, 3.63) is 105 Å². The van der Waals surface area contributed by atoms with Crippen LogP contribution >= 0.6 is 43.5 Å². The van der Waals surface area contributed by atoms with Gasteiger partial charge in [-0.3, -0.25) is 29.3 Å². The molecule has 0 aromatic heterocycles. The van der Waals surface area contributed by atoms with E-state index in [-0.39, 0.29) is 42.8 Å². The third kappa shape index (κ3) is 6.30. The van der Waals surface area contributed by atoms with Gasteiger partial charge in [-0.2, -0.15) is 5.01 Å². The highest BCUT2D eigenvalue weighted by atomic mass is 79.9. The van der Waals surface area contributed by atoms with Crippen LogP contribution in [0.1, 0.15) is 43.9 Å². The number of ketones is 1. The predicted octanol–water partition coefficient (Wildman–Crippen LogP) is 5.63. The lowest BCUT2D eigenvalue weighted by Gasteiger charge is -2.30. The Bertz CT molecular complexity index is 1640. The van der Waals surface area contributed by atoms with Gasteiger partial charge in [-0.15, -0.1) is 0 Å². The molecule has 3 amide bonds. The second kappa shape index (κ2) is 13.0. The van der Waals surface area contributed by atoms with E-state index in [4.69, 9.17) is 16.3 Å². The summed E-state index contributed by atoms with van der Waals surface area (Å²) in [7, 11) is 0. The minimum Gasteiger partial charge on any atom is -0.423 e. The number of Topliss-reactive ketones (excluding diaryl/α,β-unsaturated/α-hetero) is 1. The van der Waals surface area contributed by atoms with Gasteiger partial charge in [0.15, 0.2) is 5.78 Å². The molecule has 0 spiro atoms. The summed E-state index contributed by atoms with van der Waals surface area (Å²) in [5.74, 6) is -4.48. The number of rotatable bonds is 8. The summed E-state index contributed by atoms with van der Waals surface area (Å²) < 4.78 is 5.30. The zero-order chi connectivity index (χ0) is 31.7. The highest BCUT2D eigenvalue weighted by Gasteiger charge is 2.54. The average Bonchev–Trinajstić information content (AvgIpc) is 3.24. The number of ether oxygens (including phenoxy) is 1. The third-order valence-electron chi connectivity index (χ3n) is 7.46. The number of hydrogen-bond donors (Lipinski definition) is 0. The lowest BCUT2D eigenvalue weighted by atomic mass is 9.81. The summed E-state index contributed by atoms with van der Waals surface area (Å²) in [6, 6.07) is 16.5. The number of nitrogens with zero attached hydrogens (tertiary/aromatic N) is 3. The van der Waals surface area contributed by atoms with Gasteiger partial charge in [-0.1, -0.05) is 55.6 Å². The molecule has 14 heteroatoms. The summed E-state index contributed by atoms with van der Waals surface area (Å²) in [6.07, 6.45) is 0.758. The van der Waals surface area contributed by atoms with Gasteiger partial charge in [0.25, 0.3) is 23.4 Å². The first kappa shape index (κ1) is 31.5. The maximum absolute atomic E-state index is 13.7. The lowest BCUT2D eigenvalue weighted by molar-refractivity contribution is -0.384. The molecule has 1 saturated carbocycles. The van der Waals surface area contributed by atoms with Crippen molar-refractivity contribution >= 4 is 78.6 Å². The molecule has 3 aromatic carbocycles. The van der Waals surface area contributed by atoms with Crippen LogP contribution in [0, 0.1) is 22.0 Å². The summed E-state index contributed by atoms with van der Waals surface area (Å²) in [5, 5.41) is 12.6. The van der Waals surface area contributed by atoms with Crippen LogP contribution in [0.3, 0.4) is 0 Å². The van der Waals surface area contributed by atoms with Gasteiger partial charge in [0.2, 0.25) is 0 Å². The Kier molecular flexibility index (Phi) is 9.28. The molecule has 0 unspecified atom stereocenters. The minimum atomic E-state index is -0.788. The van der Waals surface area contributed by atoms with Crippen LogP contribution < -0.4 is 4.74 Å². The number of alkyl halides is 2. The van der Waals surface area contributed by atoms with E-state index in [0.717, 1.165) is 10.0 Å². The SMILES string of the molecule is O=C(CN(C(=O)c1ccccc1Cl)N1C(=O)[C@H]2C[C@H](Br)[C@@H](Br)C[C@H]2C1=O)c1ccc(OC(=O)c2ccc([N+](=O)[O-])cc2)cc1. The van der Waals surface area contributed by atoms with Crippen molar-refractivity contribution in [2.24, 2.45) is 11.8 Å². The molecule has 44 heavy (non-hydrogen) atoms. The number of non-ortho nitro benzene ring substituents is 1. The van der Waals surface area contributed by atoms with Crippen LogP contribution in [-0.4, -0.2) is 60.6 Å². The van der Waals surface area contributed by atoms with Gasteiger partial charge >= 0.3 is 5.97 Å². The summed E-state index contributed by atoms with van der Waals surface area (Å²) >= 11 is 13.4. The minimum absolute atomic E-state index is 0.0164. The molecule has 0 bridgehead atoms. The van der Waals surface area contributed by atoms with E-state index in [2.05, 4.69) is 31.9 Å². The first-order valence-corrected chi connectivity index (χ1v) is 15.5. The quantitative estimate of drug-likeness (QED) is 0.0549. The summed E-state index contributed by atoms with van der Waals surface area (Å²) in [5.41, 5.74) is 0.0435. The number of carbonyl (C=O) groups is 5. The van der Waals surface area contributed by atoms with Crippen molar-refractivity contribution in [1.82, 2.24) is 10.0 Å². The van der Waals surface area contributed by atoms with Crippen LogP contribution in [-0.2, 0) is 9.59 Å². The molecule has 1 aliphatic carbocycles. The maximum Gasteiger partial charge on any atom is 0.343 e. The van der Waals surface area contributed by atoms with Gasteiger partial charge in [-0.25, -0.2) is 9.80 Å². The standard InChI is InChI=1S/C30H22Br2ClN3O8/c31-23-13-21-22(14-24(23)32)29(40)35(28(21)39)34(27(38)20-3-1-2-4-25(20)33)15-26(37)16-7-11-19(12-8-16)44-30(41)17-5-9-18(10-6-17)36(42)43/h1-12,21-24H,13-15H2/t21-,22+,23-,24-/m0/s1. The Hall–Kier alpha value is -3.94. The zero-order valence-electron chi connectivity index (χ0n) is 22.6. The number of hydrogen-bond acceptors (Lipinski definition) is 8. The number of imide groups is 1. The summed E-state index contributed by atoms with van der Waals surface area (Å²) in [6.45, 7) is -0.640. The fourth-order valence-corrected chi connectivity index (χ4v) is 6.60. The Labute approximate surface area is 272 Å². The molecule has 1 saturated heterocycles. The molecular formula is C30H22Br2ClN3O8. The van der Waals surface area contributed by atoms with Crippen LogP contribution in [0.25, 0.3) is 0 Å². The number of nitro benzene ring substituents is 1. The third-order valence-corrected chi connectivity index (χ3v) is 10.5. The van der Waals surface area contributed by atoms with Crippen LogP contribution in [0.4, 0.5) is 5.69 Å². The van der Waals surface area contributed by atoms with Gasteiger partial charge in [0.1, 0.15) is 12.3 Å². The van der Waals surface area contributed by atoms with E-state index in [1.54, 1.807) is 12.1 Å². The lowest BCUT2D eigenvalue weighted by Crippen LogP contribution is -2.52. The van der Waals surface area contributed by atoms with Crippen LogP contribution in [0.5, 0.6) is 5.75 Å². The average molecular weight is 748 g/mol. The number of amides is 3. The second-order valence-electron chi connectivity index (χ2n) is 10.2. The maximum atomic E-state index is 13.7. The monoisotopic (exact) mass is 745 g/mol. The fourth-order valence-electron chi connectivity index (χ4n) is 5.14. The van der Waals surface area contributed by atoms with E-state index >= 15 is 0 Å². The fraction of sp³-hybridized carbons (Fsp3) is 0.233. The number of carbonyl (C=O) groups excluding carboxylic acids is 5. The van der Waals surface area contributed by atoms with Crippen molar-refractivity contribution in [1.29, 1.82) is 0 Å². The largest absolute Gasteiger partial charge is 0.423 e. The smallest absolute Gasteiger partial charge is 0.343 e. The number of halogens is 3. The van der Waals surface area contributed by atoms with Crippen molar-refractivity contribution in [3.8, 4) is 5.75 Å². The molecule has 0 N–H and O–H groups in total. The molecule has 5 rings (SSSR count). The molecular weight excluding hydrogens is 726 g/mol. The number of esters is 1. The predicted molar refractivity (Wildman–Crippen MR) is 165 cm³/mol. The van der Waals surface area contributed by atoms with Crippen molar-refractivity contribution < 1.29 is 33.6 Å². The van der Waals surface area contributed by atoms with Gasteiger partial charge in [-0.05, 0) is 61.4 Å². The van der Waals surface area contributed by atoms with Crippen molar-refractivity contribution in [2.75, 3.05) is 6.54 Å². The Morgan fingerprint density at radius 3 is 1.98 bits per heavy atom. The Morgan fingerprint density at radius 2 is 1.43 bits per heavy atom. The summed E-state index contributed by atoms with van der Waals surface area (Å²) in [4.78, 5) is 76.9. The van der Waals surface area contributed by atoms with Gasteiger partial charge < -0.3 is 4.74 Å². The molecule has 1 heterocycles. The molecule has 4 atom stereocenters. The molecule has 1 aliphatic heterocycles. The number of benzene rings is 3. The van der Waals surface area contributed by atoms with Gasteiger partial charge in [0, 0.05) is 27.4 Å². The van der Waals surface area contributed by atoms with E-state index in [1.807, 2.05) is 0 Å². The van der Waals surface area contributed by atoms with E-state index in [0.29, 0.717) is 12.8 Å². The normalized spacial score (nSPS) is 21.0. The second-order valence-corrected chi connectivity index (χ2v) is 12.9. The molecule has 11 nitrogen and oxygen atoms in total. The van der Waals surface area contributed by atoms with E-state index < -0.39 is 52.8 Å². The highest BCUT2D eigenvalue weighted by Crippen LogP contribution is 2.44. The molecule has 2 fully saturated rings. The Morgan fingerprint density at radius 1 is 0.886 bits per heavy atom. The van der Waals surface area contributed by atoms with E-state index in [1.165, 1.54) is 60.7 Å². The zero-order valence-corrected chi connectivity index (χ0v) is 26.5. The molecule has 2 aliphatic rings. The first-order valence-electron chi connectivity index (χ1n) is 13.3. The van der Waals surface area contributed by atoms with Crippen molar-refractivity contribution in [3.63, 3.8) is 0 Å². The Balaban J connectivity index is 1.36. The molecule has 3 aromatic rings. The van der Waals surface area contributed by atoms with Crippen LogP contribution in [0.2, 0.25) is 5.02 Å². The van der Waals surface area contributed by atoms with Crippen molar-refractivity contribution in [2.45, 2.75) is 22.5 Å². The number of hydrazine groups is 1. The van der Waals surface area contributed by atoms with Gasteiger partial charge in [0.05, 0.1) is 32.9 Å².